The summed E-state index contributed by atoms with van der Waals surface area (Å²) in [4.78, 5) is 20.3. The number of hydrogen-bond acceptors (Lipinski definition) is 4. The molecule has 0 bridgehead atoms. The molecule has 1 aromatic heterocycles. The highest BCUT2D eigenvalue weighted by atomic mass is 79.9. The van der Waals surface area contributed by atoms with Crippen molar-refractivity contribution in [2.24, 2.45) is 0 Å². The van der Waals surface area contributed by atoms with Gasteiger partial charge in [0.05, 0.1) is 0 Å². The predicted octanol–water partition coefficient (Wildman–Crippen LogP) is 3.70. The number of carbonyl (C=O) groups excluding carboxylic acids is 1. The molecule has 2 N–H and O–H groups in total. The molecule has 0 unspecified atom stereocenters. The first kappa shape index (κ1) is 15.4. The molecule has 1 aromatic carbocycles. The molecular weight excluding hydrogens is 332 g/mol. The molecule has 0 aliphatic carbocycles. The Morgan fingerprint density at radius 3 is 2.62 bits per heavy atom. The van der Waals surface area contributed by atoms with E-state index in [0.717, 1.165) is 4.47 Å². The molecule has 21 heavy (non-hydrogen) atoms. The Bertz CT molecular complexity index is 652. The largest absolute Gasteiger partial charge is 0.365 e. The summed E-state index contributed by atoms with van der Waals surface area (Å²) in [5, 5.41) is 6.01. The Labute approximate surface area is 132 Å². The second-order valence-corrected chi connectivity index (χ2v) is 6.54. The Balaban J connectivity index is 2.14. The van der Waals surface area contributed by atoms with Crippen molar-refractivity contribution in [2.45, 2.75) is 26.3 Å². The van der Waals surface area contributed by atoms with E-state index in [1.54, 1.807) is 6.07 Å². The van der Waals surface area contributed by atoms with Gasteiger partial charge in [-0.3, -0.25) is 4.79 Å². The molecule has 2 rings (SSSR count). The van der Waals surface area contributed by atoms with Gasteiger partial charge < -0.3 is 10.6 Å². The number of benzene rings is 1. The fraction of sp³-hybridized carbons (Fsp3) is 0.267. The van der Waals surface area contributed by atoms with Gasteiger partial charge in [-0.15, -0.1) is 0 Å². The highest BCUT2D eigenvalue weighted by Gasteiger charge is 2.13. The highest BCUT2D eigenvalue weighted by molar-refractivity contribution is 9.10. The third-order valence-corrected chi connectivity index (χ3v) is 2.98. The standard InChI is InChI=1S/C15H17BrN4O/c1-15(2,3)20-13-8-12(17-9-18-13)14(21)19-11-6-4-5-10(16)7-11/h4-9H,1-3H3,(H,19,21)(H,17,18,20). The molecule has 0 saturated heterocycles. The summed E-state index contributed by atoms with van der Waals surface area (Å²) < 4.78 is 0.901. The minimum absolute atomic E-state index is 0.133. The first-order valence-corrected chi connectivity index (χ1v) is 7.30. The summed E-state index contributed by atoms with van der Waals surface area (Å²) in [6.45, 7) is 6.07. The number of anilines is 2. The van der Waals surface area contributed by atoms with E-state index in [0.29, 0.717) is 17.2 Å². The SMILES string of the molecule is CC(C)(C)Nc1cc(C(=O)Nc2cccc(Br)c2)ncn1. The minimum Gasteiger partial charge on any atom is -0.365 e. The van der Waals surface area contributed by atoms with E-state index in [4.69, 9.17) is 0 Å². The Kier molecular flexibility index (Phi) is 4.57. The van der Waals surface area contributed by atoms with E-state index < -0.39 is 0 Å². The van der Waals surface area contributed by atoms with Gasteiger partial charge in [-0.05, 0) is 39.0 Å². The highest BCUT2D eigenvalue weighted by Crippen LogP contribution is 2.17. The van der Waals surface area contributed by atoms with Gasteiger partial charge >= 0.3 is 0 Å². The predicted molar refractivity (Wildman–Crippen MR) is 87.5 cm³/mol. The van der Waals surface area contributed by atoms with E-state index in [1.165, 1.54) is 6.33 Å². The van der Waals surface area contributed by atoms with Gasteiger partial charge in [0.2, 0.25) is 0 Å². The molecule has 6 heteroatoms. The summed E-state index contributed by atoms with van der Waals surface area (Å²) in [5.41, 5.74) is 0.891. The summed E-state index contributed by atoms with van der Waals surface area (Å²) in [7, 11) is 0. The molecule has 1 amide bonds. The van der Waals surface area contributed by atoms with Crippen LogP contribution < -0.4 is 10.6 Å². The Morgan fingerprint density at radius 1 is 1.19 bits per heavy atom. The van der Waals surface area contributed by atoms with Gasteiger partial charge in [0.15, 0.2) is 0 Å². The number of rotatable bonds is 3. The maximum atomic E-state index is 12.2. The van der Waals surface area contributed by atoms with Crippen LogP contribution in [0, 0.1) is 0 Å². The van der Waals surface area contributed by atoms with Crippen LogP contribution in [0.15, 0.2) is 41.1 Å². The average molecular weight is 349 g/mol. The van der Waals surface area contributed by atoms with Crippen molar-refractivity contribution in [3.05, 3.63) is 46.8 Å². The van der Waals surface area contributed by atoms with Crippen LogP contribution in [-0.2, 0) is 0 Å². The summed E-state index contributed by atoms with van der Waals surface area (Å²) in [5.74, 6) is 0.351. The smallest absolute Gasteiger partial charge is 0.274 e. The maximum absolute atomic E-state index is 12.2. The number of nitrogens with one attached hydrogen (secondary N) is 2. The topological polar surface area (TPSA) is 66.9 Å². The van der Waals surface area contributed by atoms with Crippen LogP contribution in [0.5, 0.6) is 0 Å². The van der Waals surface area contributed by atoms with Crippen LogP contribution in [-0.4, -0.2) is 21.4 Å². The quantitative estimate of drug-likeness (QED) is 0.887. The third kappa shape index (κ3) is 4.82. The van der Waals surface area contributed by atoms with Crippen LogP contribution in [0.3, 0.4) is 0 Å². The number of hydrogen-bond donors (Lipinski definition) is 2. The van der Waals surface area contributed by atoms with Crippen molar-refractivity contribution in [1.82, 2.24) is 9.97 Å². The molecule has 2 aromatic rings. The Morgan fingerprint density at radius 2 is 1.95 bits per heavy atom. The maximum Gasteiger partial charge on any atom is 0.274 e. The third-order valence-electron chi connectivity index (χ3n) is 2.49. The van der Waals surface area contributed by atoms with Crippen molar-refractivity contribution < 1.29 is 4.79 Å². The van der Waals surface area contributed by atoms with Crippen LogP contribution in [0.2, 0.25) is 0 Å². The fourth-order valence-electron chi connectivity index (χ4n) is 1.70. The van der Waals surface area contributed by atoms with Gasteiger partial charge in [-0.25, -0.2) is 9.97 Å². The number of aromatic nitrogens is 2. The van der Waals surface area contributed by atoms with Gasteiger partial charge in [0.25, 0.3) is 5.91 Å². The van der Waals surface area contributed by atoms with Crippen molar-refractivity contribution in [2.75, 3.05) is 10.6 Å². The zero-order valence-corrected chi connectivity index (χ0v) is 13.7. The molecule has 0 radical (unpaired) electrons. The van der Waals surface area contributed by atoms with Gasteiger partial charge in [0, 0.05) is 21.8 Å². The molecule has 0 atom stereocenters. The monoisotopic (exact) mass is 348 g/mol. The van der Waals surface area contributed by atoms with Crippen molar-refractivity contribution in [3.8, 4) is 0 Å². The van der Waals surface area contributed by atoms with Crippen LogP contribution in [0.25, 0.3) is 0 Å². The molecular formula is C15H17BrN4O. The van der Waals surface area contributed by atoms with Gasteiger partial charge in [-0.1, -0.05) is 22.0 Å². The van der Waals surface area contributed by atoms with E-state index in [9.17, 15) is 4.79 Å². The van der Waals surface area contributed by atoms with Crippen molar-refractivity contribution in [1.29, 1.82) is 0 Å². The van der Waals surface area contributed by atoms with Gasteiger partial charge in [0.1, 0.15) is 17.8 Å². The second kappa shape index (κ2) is 6.22. The lowest BCUT2D eigenvalue weighted by Crippen LogP contribution is -2.27. The molecule has 0 spiro atoms. The zero-order chi connectivity index (χ0) is 15.5. The second-order valence-electron chi connectivity index (χ2n) is 5.63. The van der Waals surface area contributed by atoms with Crippen molar-refractivity contribution in [3.63, 3.8) is 0 Å². The normalized spacial score (nSPS) is 11.0. The fourth-order valence-corrected chi connectivity index (χ4v) is 2.09. The van der Waals surface area contributed by atoms with Crippen LogP contribution >= 0.6 is 15.9 Å². The lowest BCUT2D eigenvalue weighted by atomic mass is 10.1. The summed E-state index contributed by atoms with van der Waals surface area (Å²) in [6.07, 6.45) is 1.38. The number of nitrogens with zero attached hydrogens (tertiary/aromatic N) is 2. The number of halogens is 1. The van der Waals surface area contributed by atoms with Gasteiger partial charge in [-0.2, -0.15) is 0 Å². The number of amides is 1. The number of carbonyl (C=O) groups is 1. The lowest BCUT2D eigenvalue weighted by Gasteiger charge is -2.21. The molecule has 5 nitrogen and oxygen atoms in total. The molecule has 0 aliphatic heterocycles. The molecule has 0 fully saturated rings. The molecule has 0 saturated carbocycles. The lowest BCUT2D eigenvalue weighted by molar-refractivity contribution is 0.102. The first-order chi connectivity index (χ1) is 9.83. The van der Waals surface area contributed by atoms with E-state index in [2.05, 4.69) is 36.5 Å². The molecule has 110 valence electrons. The van der Waals surface area contributed by atoms with Crippen LogP contribution in [0.4, 0.5) is 11.5 Å². The molecule has 0 aliphatic rings. The van der Waals surface area contributed by atoms with E-state index >= 15 is 0 Å². The molecule has 1 heterocycles. The summed E-state index contributed by atoms with van der Waals surface area (Å²) >= 11 is 3.37. The minimum atomic E-state index is -0.271. The first-order valence-electron chi connectivity index (χ1n) is 6.51. The Hall–Kier alpha value is -1.95. The average Bonchev–Trinajstić information content (AvgIpc) is 2.37. The van der Waals surface area contributed by atoms with E-state index in [-0.39, 0.29) is 11.4 Å². The van der Waals surface area contributed by atoms with Crippen LogP contribution in [0.1, 0.15) is 31.3 Å². The van der Waals surface area contributed by atoms with E-state index in [1.807, 2.05) is 45.0 Å². The zero-order valence-electron chi connectivity index (χ0n) is 12.1. The summed E-state index contributed by atoms with van der Waals surface area (Å²) in [6, 6.07) is 9.03. The van der Waals surface area contributed by atoms with Crippen molar-refractivity contribution >= 4 is 33.3 Å².